The van der Waals surface area contributed by atoms with Crippen molar-refractivity contribution in [1.82, 2.24) is 10.6 Å². The average molecular weight is 290 g/mol. The molecule has 7 heteroatoms. The van der Waals surface area contributed by atoms with Gasteiger partial charge in [0.15, 0.2) is 0 Å². The molecular weight excluding hydrogens is 268 g/mol. The van der Waals surface area contributed by atoms with Crippen LogP contribution in [0.2, 0.25) is 0 Å². The van der Waals surface area contributed by atoms with E-state index in [1.54, 1.807) is 0 Å². The lowest BCUT2D eigenvalue weighted by Crippen LogP contribution is -2.42. The summed E-state index contributed by atoms with van der Waals surface area (Å²) in [7, 11) is 0. The predicted octanol–water partition coefficient (Wildman–Crippen LogP) is 0.614. The largest absolute Gasteiger partial charge is 0.480 e. The molecule has 0 unspecified atom stereocenters. The highest BCUT2D eigenvalue weighted by Crippen LogP contribution is 2.04. The van der Waals surface area contributed by atoms with E-state index in [1.165, 1.54) is 18.7 Å². The van der Waals surface area contributed by atoms with E-state index in [-0.39, 0.29) is 23.5 Å². The highest BCUT2D eigenvalue weighted by atomic mass is 32.2. The van der Waals surface area contributed by atoms with E-state index in [2.05, 4.69) is 10.6 Å². The minimum absolute atomic E-state index is 0.106. The molecule has 0 spiro atoms. The second kappa shape index (κ2) is 9.66. The Morgan fingerprint density at radius 3 is 2.16 bits per heavy atom. The fourth-order valence-corrected chi connectivity index (χ4v) is 2.30. The van der Waals surface area contributed by atoms with Crippen molar-refractivity contribution >= 4 is 29.5 Å². The lowest BCUT2D eigenvalue weighted by molar-refractivity contribution is -0.140. The quantitative estimate of drug-likeness (QED) is 0.578. The normalized spacial score (nSPS) is 12.0. The molecule has 0 saturated heterocycles. The van der Waals surface area contributed by atoms with Crippen molar-refractivity contribution in [3.8, 4) is 0 Å². The highest BCUT2D eigenvalue weighted by Gasteiger charge is 2.18. The summed E-state index contributed by atoms with van der Waals surface area (Å²) >= 11 is 1.20. The molecule has 0 aromatic carbocycles. The summed E-state index contributed by atoms with van der Waals surface area (Å²) in [6.07, 6.45) is 1.74. The third-order valence-corrected chi connectivity index (χ3v) is 3.58. The van der Waals surface area contributed by atoms with E-state index in [4.69, 9.17) is 5.11 Å². The van der Waals surface area contributed by atoms with Gasteiger partial charge in [-0.1, -0.05) is 13.8 Å². The molecule has 0 saturated carbocycles. The molecule has 0 aromatic rings. The number of carbonyl (C=O) groups excluding carboxylic acids is 2. The summed E-state index contributed by atoms with van der Waals surface area (Å²) in [5, 5.41) is 14.1. The van der Waals surface area contributed by atoms with Crippen LogP contribution in [-0.2, 0) is 14.4 Å². The van der Waals surface area contributed by atoms with Crippen LogP contribution in [0, 0.1) is 0 Å². The number of thioether (sulfide) groups is 1. The Balaban J connectivity index is 4.01. The topological polar surface area (TPSA) is 95.5 Å². The van der Waals surface area contributed by atoms with E-state index in [0.717, 1.165) is 12.8 Å². The number of aliphatic carboxylic acids is 1. The average Bonchev–Trinajstić information content (AvgIpc) is 2.34. The van der Waals surface area contributed by atoms with E-state index in [1.807, 2.05) is 13.8 Å². The lowest BCUT2D eigenvalue weighted by Gasteiger charge is -2.15. The maximum absolute atomic E-state index is 11.6. The van der Waals surface area contributed by atoms with Crippen LogP contribution in [0.15, 0.2) is 0 Å². The minimum atomic E-state index is -1.09. The van der Waals surface area contributed by atoms with Crippen molar-refractivity contribution in [2.75, 3.05) is 11.5 Å². The second-order valence-corrected chi connectivity index (χ2v) is 5.22. The number of carbonyl (C=O) groups is 3. The van der Waals surface area contributed by atoms with E-state index in [9.17, 15) is 14.4 Å². The Morgan fingerprint density at radius 1 is 1.16 bits per heavy atom. The molecule has 2 amide bonds. The molecule has 110 valence electrons. The number of hydrogen-bond donors (Lipinski definition) is 3. The van der Waals surface area contributed by atoms with Crippen LogP contribution in [0.5, 0.6) is 0 Å². The lowest BCUT2D eigenvalue weighted by atomic mass is 10.2. The van der Waals surface area contributed by atoms with Crippen LogP contribution in [0.25, 0.3) is 0 Å². The number of carboxylic acid groups (broad SMARTS) is 1. The summed E-state index contributed by atoms with van der Waals surface area (Å²) in [5.74, 6) is -1.23. The molecule has 0 aliphatic rings. The first kappa shape index (κ1) is 17.8. The first-order chi connectivity index (χ1) is 8.90. The maximum atomic E-state index is 11.6. The molecule has 0 heterocycles. The Hall–Kier alpha value is -1.24. The fraction of sp³-hybridized carbons (Fsp3) is 0.750. The number of nitrogens with one attached hydrogen (secondary N) is 2. The molecule has 0 rings (SSSR count). The molecule has 0 bridgehead atoms. The Morgan fingerprint density at radius 2 is 1.74 bits per heavy atom. The van der Waals surface area contributed by atoms with Crippen LogP contribution >= 0.6 is 11.8 Å². The van der Waals surface area contributed by atoms with Gasteiger partial charge in [0.1, 0.15) is 6.04 Å². The summed E-state index contributed by atoms with van der Waals surface area (Å²) in [4.78, 5) is 33.2. The zero-order valence-corrected chi connectivity index (χ0v) is 12.4. The number of amides is 2. The molecule has 0 radical (unpaired) electrons. The molecule has 0 aliphatic carbocycles. The predicted molar refractivity (Wildman–Crippen MR) is 75.1 cm³/mol. The third kappa shape index (κ3) is 8.47. The number of hydrogen-bond acceptors (Lipinski definition) is 4. The smallest absolute Gasteiger partial charge is 0.327 e. The Labute approximate surface area is 117 Å². The van der Waals surface area contributed by atoms with Crippen molar-refractivity contribution in [2.24, 2.45) is 0 Å². The fourth-order valence-electron chi connectivity index (χ4n) is 1.45. The number of rotatable bonds is 9. The molecule has 0 fully saturated rings. The molecular formula is C12H22N2O4S. The Kier molecular flexibility index (Phi) is 9.03. The molecule has 6 nitrogen and oxygen atoms in total. The maximum Gasteiger partial charge on any atom is 0.327 e. The Bertz CT molecular complexity index is 319. The SMILES string of the molecule is CCC(CC)NC(=O)CSC[C@H](NC(C)=O)C(=O)O. The van der Waals surface area contributed by atoms with Crippen LogP contribution in [0.3, 0.4) is 0 Å². The first-order valence-corrected chi connectivity index (χ1v) is 7.43. The van der Waals surface area contributed by atoms with Crippen LogP contribution in [0.1, 0.15) is 33.6 Å². The standard InChI is InChI=1S/C12H22N2O4S/c1-4-9(5-2)14-11(16)7-19-6-10(12(17)18)13-8(3)15/h9-10H,4-7H2,1-3H3,(H,13,15)(H,14,16)(H,17,18)/t10-/m0/s1. The first-order valence-electron chi connectivity index (χ1n) is 6.27. The molecule has 19 heavy (non-hydrogen) atoms. The van der Waals surface area contributed by atoms with Gasteiger partial charge in [-0.25, -0.2) is 4.79 Å². The van der Waals surface area contributed by atoms with Gasteiger partial charge in [0.05, 0.1) is 5.75 Å². The van der Waals surface area contributed by atoms with Crippen molar-refractivity contribution < 1.29 is 19.5 Å². The zero-order valence-electron chi connectivity index (χ0n) is 11.6. The summed E-state index contributed by atoms with van der Waals surface area (Å²) in [6.45, 7) is 5.26. The zero-order chi connectivity index (χ0) is 14.8. The van der Waals surface area contributed by atoms with E-state index < -0.39 is 17.9 Å². The molecule has 0 aromatic heterocycles. The summed E-state index contributed by atoms with van der Waals surface area (Å²) in [6, 6.07) is -0.790. The van der Waals surface area contributed by atoms with Gasteiger partial charge in [-0.15, -0.1) is 11.8 Å². The van der Waals surface area contributed by atoms with Gasteiger partial charge < -0.3 is 15.7 Å². The van der Waals surface area contributed by atoms with Gasteiger partial charge in [-0.05, 0) is 12.8 Å². The van der Waals surface area contributed by atoms with E-state index in [0.29, 0.717) is 0 Å². The van der Waals surface area contributed by atoms with Gasteiger partial charge in [0.2, 0.25) is 11.8 Å². The number of carboxylic acids is 1. The molecule has 1 atom stereocenters. The van der Waals surface area contributed by atoms with Gasteiger partial charge in [-0.2, -0.15) is 0 Å². The van der Waals surface area contributed by atoms with E-state index >= 15 is 0 Å². The van der Waals surface area contributed by atoms with Crippen LogP contribution in [0.4, 0.5) is 0 Å². The van der Waals surface area contributed by atoms with Crippen molar-refractivity contribution in [1.29, 1.82) is 0 Å². The van der Waals surface area contributed by atoms with Crippen molar-refractivity contribution in [3.05, 3.63) is 0 Å². The molecule has 3 N–H and O–H groups in total. The molecule has 0 aliphatic heterocycles. The third-order valence-electron chi connectivity index (χ3n) is 2.54. The summed E-state index contributed by atoms with van der Waals surface area (Å²) < 4.78 is 0. The van der Waals surface area contributed by atoms with Gasteiger partial charge >= 0.3 is 5.97 Å². The second-order valence-electron chi connectivity index (χ2n) is 4.19. The van der Waals surface area contributed by atoms with Crippen LogP contribution in [-0.4, -0.2) is 46.5 Å². The highest BCUT2D eigenvalue weighted by molar-refractivity contribution is 8.00. The van der Waals surface area contributed by atoms with Gasteiger partial charge in [-0.3, -0.25) is 9.59 Å². The van der Waals surface area contributed by atoms with Gasteiger partial charge in [0, 0.05) is 18.7 Å². The monoisotopic (exact) mass is 290 g/mol. The van der Waals surface area contributed by atoms with Crippen molar-refractivity contribution in [3.63, 3.8) is 0 Å². The van der Waals surface area contributed by atoms with Crippen molar-refractivity contribution in [2.45, 2.75) is 45.7 Å². The minimum Gasteiger partial charge on any atom is -0.480 e. The van der Waals surface area contributed by atoms with Crippen LogP contribution < -0.4 is 10.6 Å². The van der Waals surface area contributed by atoms with Gasteiger partial charge in [0.25, 0.3) is 0 Å². The summed E-state index contributed by atoms with van der Waals surface area (Å²) in [5.41, 5.74) is 0.